The molecule has 2 aliphatic rings. The number of amides is 1. The number of carbonyl (C=O) groups is 3. The molecule has 0 fully saturated rings. The molecule has 0 aliphatic carbocycles. The number of esters is 2. The molecule has 1 amide bonds. The standard InChI is InChI=1S/C14H18N2O4.C9H10N2O2/c1-14(2,3)20-13(18)16-8-7-9-11(16)6-5-10(15-9)12(17)19-4;1-13-9(12)8-3-2-6-7(11-8)4-5-10-6/h5-6H,7-8H2,1-4H3;2-3,10H,4-5H2,1H3. The summed E-state index contributed by atoms with van der Waals surface area (Å²) in [6.07, 6.45) is 1.07. The Morgan fingerprint density at radius 2 is 1.52 bits per heavy atom. The van der Waals surface area contributed by atoms with Crippen LogP contribution in [0.15, 0.2) is 24.3 Å². The summed E-state index contributed by atoms with van der Waals surface area (Å²) < 4.78 is 14.5. The highest BCUT2D eigenvalue weighted by Crippen LogP contribution is 2.28. The average Bonchev–Trinajstić information content (AvgIpc) is 3.43. The van der Waals surface area contributed by atoms with Gasteiger partial charge in [-0.1, -0.05) is 0 Å². The minimum Gasteiger partial charge on any atom is -0.464 e. The molecule has 2 aromatic heterocycles. The van der Waals surface area contributed by atoms with E-state index in [1.807, 2.05) is 26.8 Å². The highest BCUT2D eigenvalue weighted by molar-refractivity contribution is 5.92. The minimum absolute atomic E-state index is 0.247. The van der Waals surface area contributed by atoms with E-state index >= 15 is 0 Å². The maximum Gasteiger partial charge on any atom is 0.414 e. The van der Waals surface area contributed by atoms with Crippen molar-refractivity contribution >= 4 is 29.4 Å². The second-order valence-corrected chi connectivity index (χ2v) is 8.39. The lowest BCUT2D eigenvalue weighted by Crippen LogP contribution is -2.35. The van der Waals surface area contributed by atoms with Gasteiger partial charge in [-0.25, -0.2) is 24.4 Å². The number of nitrogens with one attached hydrogen (secondary N) is 1. The molecule has 0 bridgehead atoms. The Hall–Kier alpha value is -3.69. The van der Waals surface area contributed by atoms with E-state index in [1.165, 1.54) is 19.1 Å². The lowest BCUT2D eigenvalue weighted by molar-refractivity contribution is 0.0577. The van der Waals surface area contributed by atoms with E-state index in [4.69, 9.17) is 4.74 Å². The molecular formula is C23H28N4O6. The quantitative estimate of drug-likeness (QED) is 0.537. The maximum atomic E-state index is 12.1. The van der Waals surface area contributed by atoms with Crippen molar-refractivity contribution in [3.05, 3.63) is 47.0 Å². The SMILES string of the molecule is COC(=O)c1ccc2c(n1)CCN2.COC(=O)c1ccc2c(n1)CCN2C(=O)OC(C)(C)C. The molecule has 10 nitrogen and oxygen atoms in total. The zero-order valence-electron chi connectivity index (χ0n) is 19.4. The Bertz CT molecular complexity index is 1060. The van der Waals surface area contributed by atoms with Gasteiger partial charge in [-0.3, -0.25) is 4.90 Å². The fourth-order valence-corrected chi connectivity index (χ4v) is 3.37. The second kappa shape index (κ2) is 9.85. The Morgan fingerprint density at radius 1 is 0.909 bits per heavy atom. The van der Waals surface area contributed by atoms with Crippen molar-refractivity contribution < 1.29 is 28.6 Å². The van der Waals surface area contributed by atoms with Gasteiger partial charge in [0.25, 0.3) is 0 Å². The summed E-state index contributed by atoms with van der Waals surface area (Å²) >= 11 is 0. The van der Waals surface area contributed by atoms with Crippen molar-refractivity contribution in [2.45, 2.75) is 39.2 Å². The van der Waals surface area contributed by atoms with Crippen LogP contribution in [0.1, 0.15) is 53.1 Å². The van der Waals surface area contributed by atoms with Crippen LogP contribution in [0.25, 0.3) is 0 Å². The third kappa shape index (κ3) is 5.76. The topological polar surface area (TPSA) is 120 Å². The summed E-state index contributed by atoms with van der Waals surface area (Å²) in [5.74, 6) is -0.863. The van der Waals surface area contributed by atoms with Crippen LogP contribution in [0.2, 0.25) is 0 Å². The van der Waals surface area contributed by atoms with Crippen molar-refractivity contribution in [3.8, 4) is 0 Å². The van der Waals surface area contributed by atoms with Gasteiger partial charge in [0.05, 0.1) is 37.0 Å². The van der Waals surface area contributed by atoms with Gasteiger partial charge in [0.1, 0.15) is 17.0 Å². The molecule has 0 saturated heterocycles. The smallest absolute Gasteiger partial charge is 0.414 e. The normalized spacial score (nSPS) is 13.7. The van der Waals surface area contributed by atoms with E-state index in [0.717, 1.165) is 24.3 Å². The van der Waals surface area contributed by atoms with Crippen LogP contribution in [0.4, 0.5) is 16.2 Å². The Balaban J connectivity index is 0.000000203. The van der Waals surface area contributed by atoms with E-state index < -0.39 is 17.7 Å². The summed E-state index contributed by atoms with van der Waals surface area (Å²) in [5, 5.41) is 3.17. The van der Waals surface area contributed by atoms with Gasteiger partial charge in [0, 0.05) is 25.9 Å². The Kier molecular flexibility index (Phi) is 7.15. The molecule has 2 aromatic rings. The number of anilines is 2. The van der Waals surface area contributed by atoms with Gasteiger partial charge >= 0.3 is 18.0 Å². The van der Waals surface area contributed by atoms with Crippen LogP contribution in [0, 0.1) is 0 Å². The molecule has 4 rings (SSSR count). The number of methoxy groups -OCH3 is 2. The molecule has 1 N–H and O–H groups in total. The number of hydrogen-bond donors (Lipinski definition) is 1. The van der Waals surface area contributed by atoms with E-state index in [-0.39, 0.29) is 11.7 Å². The number of pyridine rings is 2. The van der Waals surface area contributed by atoms with Crippen molar-refractivity contribution in [2.75, 3.05) is 37.5 Å². The number of aromatic nitrogens is 2. The average molecular weight is 456 g/mol. The lowest BCUT2D eigenvalue weighted by Gasteiger charge is -2.24. The number of nitrogens with zero attached hydrogens (tertiary/aromatic N) is 3. The van der Waals surface area contributed by atoms with Crippen LogP contribution in [0.3, 0.4) is 0 Å². The van der Waals surface area contributed by atoms with Crippen molar-refractivity contribution in [1.82, 2.24) is 9.97 Å². The molecule has 4 heterocycles. The van der Waals surface area contributed by atoms with Crippen molar-refractivity contribution in [2.24, 2.45) is 0 Å². The Morgan fingerprint density at radius 3 is 2.12 bits per heavy atom. The predicted octanol–water partition coefficient (Wildman–Crippen LogP) is 3.00. The number of fused-ring (bicyclic) bond motifs is 2. The zero-order chi connectivity index (χ0) is 24.2. The number of rotatable bonds is 2. The van der Waals surface area contributed by atoms with Gasteiger partial charge in [-0.2, -0.15) is 0 Å². The molecule has 0 radical (unpaired) electrons. The van der Waals surface area contributed by atoms with Gasteiger partial charge < -0.3 is 19.5 Å². The molecule has 10 heteroatoms. The third-order valence-electron chi connectivity index (χ3n) is 4.87. The largest absolute Gasteiger partial charge is 0.464 e. The fraction of sp³-hybridized carbons (Fsp3) is 0.435. The summed E-state index contributed by atoms with van der Waals surface area (Å²) in [5.41, 5.74) is 3.45. The zero-order valence-corrected chi connectivity index (χ0v) is 19.4. The molecule has 33 heavy (non-hydrogen) atoms. The van der Waals surface area contributed by atoms with Crippen LogP contribution >= 0.6 is 0 Å². The van der Waals surface area contributed by atoms with Crippen LogP contribution in [-0.2, 0) is 27.1 Å². The second-order valence-electron chi connectivity index (χ2n) is 8.39. The van der Waals surface area contributed by atoms with Gasteiger partial charge in [0.2, 0.25) is 0 Å². The van der Waals surface area contributed by atoms with Crippen molar-refractivity contribution in [3.63, 3.8) is 0 Å². The maximum absolute atomic E-state index is 12.1. The number of hydrogen-bond acceptors (Lipinski definition) is 9. The molecular weight excluding hydrogens is 428 g/mol. The molecule has 0 atom stereocenters. The molecule has 0 aromatic carbocycles. The van der Waals surface area contributed by atoms with E-state index in [2.05, 4.69) is 24.8 Å². The lowest BCUT2D eigenvalue weighted by atomic mass is 10.2. The molecule has 2 aliphatic heterocycles. The van der Waals surface area contributed by atoms with E-state index in [1.54, 1.807) is 18.2 Å². The molecule has 0 unspecified atom stereocenters. The summed E-state index contributed by atoms with van der Waals surface area (Å²) in [7, 11) is 2.67. The molecule has 176 valence electrons. The van der Waals surface area contributed by atoms with Crippen molar-refractivity contribution in [1.29, 1.82) is 0 Å². The van der Waals surface area contributed by atoms with Crippen LogP contribution < -0.4 is 10.2 Å². The van der Waals surface area contributed by atoms with Crippen LogP contribution in [0.5, 0.6) is 0 Å². The monoisotopic (exact) mass is 456 g/mol. The first-order valence-electron chi connectivity index (χ1n) is 10.5. The highest BCUT2D eigenvalue weighted by Gasteiger charge is 2.30. The first-order chi connectivity index (χ1) is 15.6. The third-order valence-corrected chi connectivity index (χ3v) is 4.87. The first kappa shape index (κ1) is 24.0. The van der Waals surface area contributed by atoms with E-state index in [9.17, 15) is 14.4 Å². The predicted molar refractivity (Wildman–Crippen MR) is 121 cm³/mol. The van der Waals surface area contributed by atoms with Gasteiger partial charge in [0.15, 0.2) is 0 Å². The fourth-order valence-electron chi connectivity index (χ4n) is 3.37. The Labute approximate surface area is 192 Å². The summed E-state index contributed by atoms with van der Waals surface area (Å²) in [6, 6.07) is 6.78. The highest BCUT2D eigenvalue weighted by atomic mass is 16.6. The first-order valence-corrected chi connectivity index (χ1v) is 10.5. The minimum atomic E-state index is -0.542. The van der Waals surface area contributed by atoms with Gasteiger partial charge in [-0.15, -0.1) is 0 Å². The number of carbonyl (C=O) groups excluding carboxylic acids is 3. The number of ether oxygens (including phenoxy) is 3. The molecule has 0 saturated carbocycles. The molecule has 0 spiro atoms. The van der Waals surface area contributed by atoms with Crippen LogP contribution in [-0.4, -0.2) is 60.9 Å². The van der Waals surface area contributed by atoms with E-state index in [0.29, 0.717) is 30.0 Å². The summed E-state index contributed by atoms with van der Waals surface area (Å²) in [4.78, 5) is 44.6. The summed E-state index contributed by atoms with van der Waals surface area (Å²) in [6.45, 7) is 6.86. The van der Waals surface area contributed by atoms with Gasteiger partial charge in [-0.05, 0) is 45.0 Å².